The van der Waals surface area contributed by atoms with Gasteiger partial charge in [0.2, 0.25) is 10.0 Å². The molecule has 0 aliphatic carbocycles. The van der Waals surface area contributed by atoms with E-state index in [0.29, 0.717) is 13.1 Å². The van der Waals surface area contributed by atoms with Crippen molar-refractivity contribution in [2.24, 2.45) is 0 Å². The Bertz CT molecular complexity index is 1200. The number of nitrogens with zero attached hydrogens (tertiary/aromatic N) is 2. The number of nitrogens with one attached hydrogen (secondary N) is 1. The summed E-state index contributed by atoms with van der Waals surface area (Å²) in [6, 6.07) is 7.49. The second-order valence-corrected chi connectivity index (χ2v) is 9.34. The number of halogens is 1. The van der Waals surface area contributed by atoms with E-state index in [1.807, 2.05) is 0 Å². The van der Waals surface area contributed by atoms with Crippen LogP contribution in [0.2, 0.25) is 5.02 Å². The molecule has 3 rings (SSSR count). The lowest BCUT2D eigenvalue weighted by Crippen LogP contribution is -2.28. The van der Waals surface area contributed by atoms with Gasteiger partial charge >= 0.3 is 5.97 Å². The summed E-state index contributed by atoms with van der Waals surface area (Å²) < 4.78 is 37.3. The minimum absolute atomic E-state index is 0.0801. The number of carbonyl (C=O) groups excluding carboxylic acids is 2. The molecule has 0 saturated carbocycles. The molecule has 0 unspecified atom stereocenters. The average Bonchev–Trinajstić information content (AvgIpc) is 3.34. The highest BCUT2D eigenvalue weighted by atomic mass is 35.5. The number of benzene rings is 2. The van der Waals surface area contributed by atoms with Crippen molar-refractivity contribution >= 4 is 44.9 Å². The Balaban J connectivity index is 1.70. The van der Waals surface area contributed by atoms with Crippen LogP contribution in [0.3, 0.4) is 0 Å². The van der Waals surface area contributed by atoms with Crippen LogP contribution in [0.5, 0.6) is 5.75 Å². The highest BCUT2D eigenvalue weighted by Gasteiger charge is 2.31. The predicted octanol–water partition coefficient (Wildman–Crippen LogP) is 2.84. The van der Waals surface area contributed by atoms with Gasteiger partial charge in [-0.05, 0) is 43.2 Å². The fourth-order valence-electron chi connectivity index (χ4n) is 3.21. The maximum atomic E-state index is 12.9. The predicted molar refractivity (Wildman–Crippen MR) is 118 cm³/mol. The molecule has 2 aromatic carbocycles. The Morgan fingerprint density at radius 2 is 1.88 bits per heavy atom. The van der Waals surface area contributed by atoms with E-state index < -0.39 is 39.1 Å². The van der Waals surface area contributed by atoms with E-state index in [4.69, 9.17) is 21.1 Å². The smallest absolute Gasteiger partial charge is 0.338 e. The molecule has 1 fully saturated rings. The maximum absolute atomic E-state index is 12.9. The molecule has 1 aliphatic rings. The first kappa shape index (κ1) is 24.4. The van der Waals surface area contributed by atoms with E-state index >= 15 is 0 Å². The van der Waals surface area contributed by atoms with E-state index in [9.17, 15) is 28.1 Å². The Labute approximate surface area is 194 Å². The SMILES string of the molecule is COc1ccc(C(=O)OCC(=O)Nc2ccc(Cl)c([N+](=O)[O-])c2)cc1S(=O)(=O)N1CCCC1. The third-order valence-corrected chi connectivity index (χ3v) is 7.08. The molecule has 0 atom stereocenters. The number of hydrogen-bond acceptors (Lipinski definition) is 8. The largest absolute Gasteiger partial charge is 0.495 e. The molecule has 0 aromatic heterocycles. The van der Waals surface area contributed by atoms with Gasteiger partial charge in [-0.2, -0.15) is 4.31 Å². The van der Waals surface area contributed by atoms with Crippen LogP contribution in [0, 0.1) is 10.1 Å². The van der Waals surface area contributed by atoms with Gasteiger partial charge < -0.3 is 14.8 Å². The van der Waals surface area contributed by atoms with Gasteiger partial charge in [0.15, 0.2) is 6.61 Å². The lowest BCUT2D eigenvalue weighted by atomic mass is 10.2. The van der Waals surface area contributed by atoms with Gasteiger partial charge in [-0.1, -0.05) is 11.6 Å². The van der Waals surface area contributed by atoms with Crippen molar-refractivity contribution in [2.45, 2.75) is 17.7 Å². The Morgan fingerprint density at radius 3 is 2.52 bits per heavy atom. The zero-order valence-electron chi connectivity index (χ0n) is 17.4. The number of esters is 1. The quantitative estimate of drug-likeness (QED) is 0.333. The zero-order valence-corrected chi connectivity index (χ0v) is 19.0. The molecule has 1 N–H and O–H groups in total. The number of carbonyl (C=O) groups is 2. The number of nitro groups is 1. The molecule has 1 saturated heterocycles. The number of anilines is 1. The molecule has 1 aliphatic heterocycles. The fourth-order valence-corrected chi connectivity index (χ4v) is 5.10. The molecule has 176 valence electrons. The minimum Gasteiger partial charge on any atom is -0.495 e. The summed E-state index contributed by atoms with van der Waals surface area (Å²) in [6.07, 6.45) is 1.49. The van der Waals surface area contributed by atoms with Crippen molar-refractivity contribution < 1.29 is 32.4 Å². The first-order valence-corrected chi connectivity index (χ1v) is 11.5. The second-order valence-electron chi connectivity index (χ2n) is 7.02. The van der Waals surface area contributed by atoms with Crippen molar-refractivity contribution in [3.05, 3.63) is 57.1 Å². The molecule has 0 radical (unpaired) electrons. The Kier molecular flexibility index (Phi) is 7.51. The Hall–Kier alpha value is -3.22. The highest BCUT2D eigenvalue weighted by molar-refractivity contribution is 7.89. The van der Waals surface area contributed by atoms with Crippen molar-refractivity contribution in [1.82, 2.24) is 4.31 Å². The monoisotopic (exact) mass is 497 g/mol. The van der Waals surface area contributed by atoms with Gasteiger partial charge in [0, 0.05) is 24.8 Å². The lowest BCUT2D eigenvalue weighted by Gasteiger charge is -2.18. The number of nitro benzene ring substituents is 1. The lowest BCUT2D eigenvalue weighted by molar-refractivity contribution is -0.384. The van der Waals surface area contributed by atoms with Crippen LogP contribution in [0.25, 0.3) is 0 Å². The second kappa shape index (κ2) is 10.1. The van der Waals surface area contributed by atoms with E-state index in [1.165, 1.54) is 35.7 Å². The fraction of sp³-hybridized carbons (Fsp3) is 0.300. The summed E-state index contributed by atoms with van der Waals surface area (Å²) in [5.41, 5.74) is -0.379. The van der Waals surface area contributed by atoms with Gasteiger partial charge in [-0.25, -0.2) is 13.2 Å². The van der Waals surface area contributed by atoms with E-state index in [-0.39, 0.29) is 26.9 Å². The average molecular weight is 498 g/mol. The molecule has 1 amide bonds. The summed E-state index contributed by atoms with van der Waals surface area (Å²) in [4.78, 5) is 34.6. The number of rotatable bonds is 8. The van der Waals surface area contributed by atoms with Crippen LogP contribution in [0.15, 0.2) is 41.3 Å². The molecule has 2 aromatic rings. The first-order chi connectivity index (χ1) is 15.6. The van der Waals surface area contributed by atoms with Gasteiger partial charge in [0.05, 0.1) is 17.6 Å². The summed E-state index contributed by atoms with van der Waals surface area (Å²) in [6.45, 7) is 0.0574. The van der Waals surface area contributed by atoms with Crippen molar-refractivity contribution in [2.75, 3.05) is 32.1 Å². The summed E-state index contributed by atoms with van der Waals surface area (Å²) in [5.74, 6) is -1.59. The summed E-state index contributed by atoms with van der Waals surface area (Å²) in [7, 11) is -2.55. The van der Waals surface area contributed by atoms with Crippen molar-refractivity contribution in [3.63, 3.8) is 0 Å². The van der Waals surface area contributed by atoms with E-state index in [0.717, 1.165) is 25.0 Å². The minimum atomic E-state index is -3.87. The van der Waals surface area contributed by atoms with Crippen LogP contribution in [0.4, 0.5) is 11.4 Å². The van der Waals surface area contributed by atoms with Gasteiger partial charge in [0.25, 0.3) is 11.6 Å². The van der Waals surface area contributed by atoms with Gasteiger partial charge in [-0.3, -0.25) is 14.9 Å². The van der Waals surface area contributed by atoms with E-state index in [1.54, 1.807) is 0 Å². The summed E-state index contributed by atoms with van der Waals surface area (Å²) >= 11 is 5.73. The van der Waals surface area contributed by atoms with Crippen LogP contribution in [-0.4, -0.2) is 56.3 Å². The normalized spacial score (nSPS) is 14.0. The summed E-state index contributed by atoms with van der Waals surface area (Å²) in [5, 5.41) is 13.2. The van der Waals surface area contributed by atoms with Gasteiger partial charge in [-0.15, -0.1) is 0 Å². The number of methoxy groups -OCH3 is 1. The molecular weight excluding hydrogens is 478 g/mol. The van der Waals surface area contributed by atoms with Crippen LogP contribution >= 0.6 is 11.6 Å². The number of sulfonamides is 1. The number of ether oxygens (including phenoxy) is 2. The molecule has 33 heavy (non-hydrogen) atoms. The molecular formula is C20H20ClN3O8S. The third-order valence-electron chi connectivity index (χ3n) is 4.84. The third kappa shape index (κ3) is 5.59. The molecule has 11 nitrogen and oxygen atoms in total. The van der Waals surface area contributed by atoms with Crippen LogP contribution in [0.1, 0.15) is 23.2 Å². The Morgan fingerprint density at radius 1 is 1.18 bits per heavy atom. The maximum Gasteiger partial charge on any atom is 0.338 e. The number of hydrogen-bond donors (Lipinski definition) is 1. The molecule has 0 bridgehead atoms. The van der Waals surface area contributed by atoms with Crippen molar-refractivity contribution in [1.29, 1.82) is 0 Å². The van der Waals surface area contributed by atoms with Gasteiger partial charge in [0.1, 0.15) is 15.7 Å². The highest BCUT2D eigenvalue weighted by Crippen LogP contribution is 2.30. The van der Waals surface area contributed by atoms with E-state index in [2.05, 4.69) is 5.32 Å². The first-order valence-electron chi connectivity index (χ1n) is 9.72. The number of amides is 1. The zero-order chi connectivity index (χ0) is 24.2. The van der Waals surface area contributed by atoms with Crippen molar-refractivity contribution in [3.8, 4) is 5.75 Å². The molecule has 1 heterocycles. The topological polar surface area (TPSA) is 145 Å². The molecule has 0 spiro atoms. The van der Waals surface area contributed by atoms with Crippen LogP contribution in [-0.2, 0) is 19.6 Å². The standard InChI is InChI=1S/C20H20ClN3O8S/c1-31-17-7-4-13(10-18(17)33(29,30)23-8-2-3-9-23)20(26)32-12-19(25)22-14-5-6-15(21)16(11-14)24(27)28/h4-7,10-11H,2-3,8-9,12H2,1H3,(H,22,25). The van der Waals surface area contributed by atoms with Crippen LogP contribution < -0.4 is 10.1 Å². The molecule has 13 heteroatoms.